The number of benzene rings is 1. The summed E-state index contributed by atoms with van der Waals surface area (Å²) < 4.78 is 54.8. The van der Waals surface area contributed by atoms with Crippen molar-refractivity contribution < 1.29 is 17.6 Å². The maximum atomic E-state index is 14.3. The summed E-state index contributed by atoms with van der Waals surface area (Å²) in [5, 5.41) is 2.72. The maximum Gasteiger partial charge on any atom is 0.433 e. The minimum Gasteiger partial charge on any atom is -0.363 e. The number of rotatable bonds is 5. The first-order chi connectivity index (χ1) is 12.7. The van der Waals surface area contributed by atoms with Crippen molar-refractivity contribution in [3.05, 3.63) is 60.1 Å². The molecule has 142 valence electrons. The van der Waals surface area contributed by atoms with Gasteiger partial charge in [-0.1, -0.05) is 6.07 Å². The van der Waals surface area contributed by atoms with E-state index >= 15 is 0 Å². The Labute approximate surface area is 152 Å². The Bertz CT molecular complexity index is 922. The van der Waals surface area contributed by atoms with Crippen molar-refractivity contribution in [1.29, 1.82) is 0 Å². The van der Waals surface area contributed by atoms with Crippen LogP contribution >= 0.6 is 0 Å². The van der Waals surface area contributed by atoms with Gasteiger partial charge in [-0.3, -0.25) is 0 Å². The summed E-state index contributed by atoms with van der Waals surface area (Å²) in [5.41, 5.74) is -0.199. The van der Waals surface area contributed by atoms with Gasteiger partial charge in [-0.25, -0.2) is 14.4 Å². The summed E-state index contributed by atoms with van der Waals surface area (Å²) in [6.07, 6.45) is 0.01000. The van der Waals surface area contributed by atoms with Gasteiger partial charge in [-0.2, -0.15) is 18.2 Å². The van der Waals surface area contributed by atoms with Crippen LogP contribution < -0.4 is 10.2 Å². The minimum absolute atomic E-state index is 0.0648. The molecule has 0 saturated carbocycles. The Morgan fingerprint density at radius 1 is 1.15 bits per heavy atom. The first-order valence-electron chi connectivity index (χ1n) is 7.88. The second-order valence-electron chi connectivity index (χ2n) is 5.94. The SMILES string of the molecule is CN(C)c1cc(C(F)(F)F)nc(NCc2ccc(-n3ccnc3)c(F)c2)n1. The zero-order valence-corrected chi connectivity index (χ0v) is 14.5. The molecule has 1 aromatic carbocycles. The second-order valence-corrected chi connectivity index (χ2v) is 5.94. The molecule has 3 rings (SSSR count). The molecular formula is C17H16F4N6. The van der Waals surface area contributed by atoms with Gasteiger partial charge in [0.1, 0.15) is 11.6 Å². The van der Waals surface area contributed by atoms with Crippen LogP contribution in [0.1, 0.15) is 11.3 Å². The van der Waals surface area contributed by atoms with Crippen molar-refractivity contribution in [3.8, 4) is 5.69 Å². The predicted octanol–water partition coefficient (Wildman–Crippen LogP) is 3.50. The fourth-order valence-corrected chi connectivity index (χ4v) is 2.34. The number of nitrogens with one attached hydrogen (secondary N) is 1. The lowest BCUT2D eigenvalue weighted by Crippen LogP contribution is -2.17. The minimum atomic E-state index is -4.59. The van der Waals surface area contributed by atoms with E-state index in [0.29, 0.717) is 11.3 Å². The van der Waals surface area contributed by atoms with Gasteiger partial charge >= 0.3 is 6.18 Å². The lowest BCUT2D eigenvalue weighted by Gasteiger charge is -2.16. The van der Waals surface area contributed by atoms with E-state index in [4.69, 9.17) is 0 Å². The molecule has 0 aliphatic heterocycles. The summed E-state index contributed by atoms with van der Waals surface area (Å²) in [5.74, 6) is -0.555. The number of anilines is 2. The summed E-state index contributed by atoms with van der Waals surface area (Å²) in [4.78, 5) is 12.8. The Hall–Kier alpha value is -3.17. The van der Waals surface area contributed by atoms with Gasteiger partial charge in [-0.15, -0.1) is 0 Å². The van der Waals surface area contributed by atoms with Gasteiger partial charge in [0.25, 0.3) is 0 Å². The van der Waals surface area contributed by atoms with Gasteiger partial charge in [-0.05, 0) is 17.7 Å². The first kappa shape index (κ1) is 18.6. The van der Waals surface area contributed by atoms with Crippen LogP contribution in [0.4, 0.5) is 29.3 Å². The van der Waals surface area contributed by atoms with Crippen LogP contribution in [0.5, 0.6) is 0 Å². The molecule has 0 radical (unpaired) electrons. The van der Waals surface area contributed by atoms with Crippen LogP contribution in [-0.2, 0) is 12.7 Å². The average Bonchev–Trinajstić information content (AvgIpc) is 3.13. The number of nitrogens with zero attached hydrogens (tertiary/aromatic N) is 5. The topological polar surface area (TPSA) is 58.9 Å². The average molecular weight is 380 g/mol. The number of halogens is 4. The molecule has 0 saturated heterocycles. The molecule has 6 nitrogen and oxygen atoms in total. The Kier molecular flexibility index (Phi) is 4.98. The monoisotopic (exact) mass is 380 g/mol. The number of hydrogen-bond donors (Lipinski definition) is 1. The Morgan fingerprint density at radius 3 is 2.52 bits per heavy atom. The van der Waals surface area contributed by atoms with Gasteiger partial charge < -0.3 is 14.8 Å². The lowest BCUT2D eigenvalue weighted by molar-refractivity contribution is -0.141. The highest BCUT2D eigenvalue weighted by Gasteiger charge is 2.34. The van der Waals surface area contributed by atoms with Crippen LogP contribution in [0.3, 0.4) is 0 Å². The van der Waals surface area contributed by atoms with Crippen LogP contribution in [0, 0.1) is 5.82 Å². The zero-order valence-electron chi connectivity index (χ0n) is 14.5. The summed E-state index contributed by atoms with van der Waals surface area (Å²) in [6.45, 7) is 0.0648. The van der Waals surface area contributed by atoms with E-state index in [1.165, 1.54) is 28.1 Å². The molecule has 0 amide bonds. The molecule has 0 aliphatic carbocycles. The van der Waals surface area contributed by atoms with Crippen molar-refractivity contribution in [2.75, 3.05) is 24.3 Å². The van der Waals surface area contributed by atoms with E-state index in [0.717, 1.165) is 6.07 Å². The lowest BCUT2D eigenvalue weighted by atomic mass is 10.2. The maximum absolute atomic E-state index is 14.3. The number of hydrogen-bond acceptors (Lipinski definition) is 5. The summed E-state index contributed by atoms with van der Waals surface area (Å²) >= 11 is 0. The highest BCUT2D eigenvalue weighted by molar-refractivity contribution is 5.45. The van der Waals surface area contributed by atoms with Crippen LogP contribution in [0.25, 0.3) is 5.69 Å². The standard InChI is InChI=1S/C17H16F4N6/c1-26(2)15-8-14(17(19,20)21)24-16(25-15)23-9-11-3-4-13(12(18)7-11)27-6-5-22-10-27/h3-8,10H,9H2,1-2H3,(H,23,24,25). The Morgan fingerprint density at radius 2 is 1.93 bits per heavy atom. The molecule has 1 N–H and O–H groups in total. The summed E-state index contributed by atoms with van der Waals surface area (Å²) in [7, 11) is 3.16. The quantitative estimate of drug-likeness (QED) is 0.687. The second kappa shape index (κ2) is 7.22. The van der Waals surface area contributed by atoms with Crippen molar-refractivity contribution in [1.82, 2.24) is 19.5 Å². The zero-order chi connectivity index (χ0) is 19.6. The Balaban J connectivity index is 1.80. The molecule has 0 fully saturated rings. The van der Waals surface area contributed by atoms with Gasteiger partial charge in [0, 0.05) is 39.1 Å². The molecule has 10 heteroatoms. The highest BCUT2D eigenvalue weighted by Crippen LogP contribution is 2.30. The van der Waals surface area contributed by atoms with Crippen molar-refractivity contribution in [2.24, 2.45) is 0 Å². The van der Waals surface area contributed by atoms with E-state index in [1.807, 2.05) is 0 Å². The fourth-order valence-electron chi connectivity index (χ4n) is 2.34. The van der Waals surface area contributed by atoms with E-state index < -0.39 is 17.7 Å². The van der Waals surface area contributed by atoms with Gasteiger partial charge in [0.05, 0.1) is 12.0 Å². The molecular weight excluding hydrogens is 364 g/mol. The molecule has 2 aromatic heterocycles. The van der Waals surface area contributed by atoms with Crippen molar-refractivity contribution in [3.63, 3.8) is 0 Å². The molecule has 0 unspecified atom stereocenters. The molecule has 3 aromatic rings. The van der Waals surface area contributed by atoms with E-state index in [9.17, 15) is 17.6 Å². The molecule has 0 atom stereocenters. The van der Waals surface area contributed by atoms with Crippen molar-refractivity contribution in [2.45, 2.75) is 12.7 Å². The third-order valence-corrected chi connectivity index (χ3v) is 3.71. The molecule has 0 aliphatic rings. The van der Waals surface area contributed by atoms with Gasteiger partial charge in [0.15, 0.2) is 5.69 Å². The third kappa shape index (κ3) is 4.33. The highest BCUT2D eigenvalue weighted by atomic mass is 19.4. The normalized spacial score (nSPS) is 11.5. The largest absolute Gasteiger partial charge is 0.433 e. The molecule has 0 spiro atoms. The third-order valence-electron chi connectivity index (χ3n) is 3.71. The smallest absolute Gasteiger partial charge is 0.363 e. The molecule has 27 heavy (non-hydrogen) atoms. The van der Waals surface area contributed by atoms with Gasteiger partial charge in [0.2, 0.25) is 5.95 Å². The number of aromatic nitrogens is 4. The summed E-state index contributed by atoms with van der Waals surface area (Å²) in [6, 6.07) is 5.38. The van der Waals surface area contributed by atoms with E-state index in [1.54, 1.807) is 32.4 Å². The molecule has 2 heterocycles. The molecule has 0 bridgehead atoms. The fraction of sp³-hybridized carbons (Fsp3) is 0.235. The van der Waals surface area contributed by atoms with Crippen LogP contribution in [-0.4, -0.2) is 33.6 Å². The number of imidazole rings is 1. The van der Waals surface area contributed by atoms with Crippen molar-refractivity contribution >= 4 is 11.8 Å². The first-order valence-corrected chi connectivity index (χ1v) is 7.88. The predicted molar refractivity (Wildman–Crippen MR) is 92.2 cm³/mol. The van der Waals surface area contributed by atoms with E-state index in [-0.39, 0.29) is 18.3 Å². The number of alkyl halides is 3. The van der Waals surface area contributed by atoms with Crippen LogP contribution in [0.15, 0.2) is 43.0 Å². The van der Waals surface area contributed by atoms with Crippen LogP contribution in [0.2, 0.25) is 0 Å². The van der Waals surface area contributed by atoms with E-state index in [2.05, 4.69) is 20.3 Å².